The summed E-state index contributed by atoms with van der Waals surface area (Å²) in [5.74, 6) is -0.669. The van der Waals surface area contributed by atoms with E-state index in [1.165, 1.54) is 12.7 Å². The Balaban J connectivity index is 2.34. The minimum absolute atomic E-state index is 0.146. The van der Waals surface area contributed by atoms with E-state index in [-0.39, 0.29) is 11.5 Å². The van der Waals surface area contributed by atoms with Crippen molar-refractivity contribution < 1.29 is 18.3 Å². The second-order valence-electron chi connectivity index (χ2n) is 5.19. The van der Waals surface area contributed by atoms with Crippen LogP contribution in [0, 0.1) is 18.6 Å². The second kappa shape index (κ2) is 6.12. The van der Waals surface area contributed by atoms with E-state index in [4.69, 9.17) is 9.47 Å². The molecule has 0 unspecified atom stereocenters. The molecule has 2 rings (SSSR count). The van der Waals surface area contributed by atoms with Crippen LogP contribution in [-0.2, 0) is 0 Å². The topological polar surface area (TPSA) is 18.5 Å². The lowest BCUT2D eigenvalue weighted by molar-refractivity contribution is 0.369. The van der Waals surface area contributed by atoms with E-state index >= 15 is 0 Å². The molecule has 0 atom stereocenters. The smallest absolute Gasteiger partial charge is 0.172 e. The number of methoxy groups -OCH3 is 1. The van der Waals surface area contributed by atoms with E-state index in [0.29, 0.717) is 11.7 Å². The van der Waals surface area contributed by atoms with Crippen molar-refractivity contribution in [1.29, 1.82) is 0 Å². The largest absolute Gasteiger partial charge is 0.493 e. The molecule has 0 aliphatic carbocycles. The molecule has 0 saturated carbocycles. The lowest BCUT2D eigenvalue weighted by Gasteiger charge is -2.14. The van der Waals surface area contributed by atoms with Crippen molar-refractivity contribution in [2.75, 3.05) is 7.11 Å². The lowest BCUT2D eigenvalue weighted by atomic mass is 9.98. The van der Waals surface area contributed by atoms with Crippen LogP contribution >= 0.6 is 0 Å². The highest BCUT2D eigenvalue weighted by molar-refractivity contribution is 5.45. The number of rotatable bonds is 4. The number of halogens is 2. The van der Waals surface area contributed by atoms with Crippen LogP contribution in [0.25, 0.3) is 0 Å². The van der Waals surface area contributed by atoms with E-state index in [1.54, 1.807) is 0 Å². The van der Waals surface area contributed by atoms with Gasteiger partial charge in [0, 0.05) is 12.1 Å². The van der Waals surface area contributed by atoms with Crippen LogP contribution in [0.1, 0.15) is 30.9 Å². The highest BCUT2D eigenvalue weighted by Crippen LogP contribution is 2.34. The quantitative estimate of drug-likeness (QED) is 0.771. The van der Waals surface area contributed by atoms with Crippen molar-refractivity contribution in [1.82, 2.24) is 0 Å². The standard InChI is InChI=1S/C17H18F2O2/c1-10(2)13-6-5-12(7-11(13)3)21-17-9-15(19)14(18)8-16(17)20-4/h5-10H,1-4H3. The number of hydrogen-bond donors (Lipinski definition) is 0. The highest BCUT2D eigenvalue weighted by atomic mass is 19.2. The molecule has 0 aliphatic rings. The Morgan fingerprint density at radius 1 is 0.952 bits per heavy atom. The van der Waals surface area contributed by atoms with Crippen molar-refractivity contribution in [3.63, 3.8) is 0 Å². The van der Waals surface area contributed by atoms with Crippen LogP contribution in [0.2, 0.25) is 0 Å². The van der Waals surface area contributed by atoms with Gasteiger partial charge in [0.25, 0.3) is 0 Å². The fourth-order valence-corrected chi connectivity index (χ4v) is 2.24. The maximum atomic E-state index is 13.3. The van der Waals surface area contributed by atoms with E-state index in [2.05, 4.69) is 13.8 Å². The van der Waals surface area contributed by atoms with E-state index in [9.17, 15) is 8.78 Å². The molecule has 0 heterocycles. The molecule has 0 fully saturated rings. The summed E-state index contributed by atoms with van der Waals surface area (Å²) in [6, 6.07) is 7.61. The first-order valence-corrected chi connectivity index (χ1v) is 6.73. The molecular formula is C17H18F2O2. The average Bonchev–Trinajstić information content (AvgIpc) is 2.42. The van der Waals surface area contributed by atoms with Gasteiger partial charge in [-0.05, 0) is 36.1 Å². The van der Waals surface area contributed by atoms with Crippen molar-refractivity contribution in [3.05, 3.63) is 53.1 Å². The Hall–Kier alpha value is -2.10. The summed E-state index contributed by atoms with van der Waals surface area (Å²) in [6.45, 7) is 6.22. The molecule has 112 valence electrons. The molecule has 0 N–H and O–H groups in total. The van der Waals surface area contributed by atoms with E-state index in [1.807, 2.05) is 25.1 Å². The van der Waals surface area contributed by atoms with Gasteiger partial charge in [-0.15, -0.1) is 0 Å². The van der Waals surface area contributed by atoms with Gasteiger partial charge in [0.15, 0.2) is 23.1 Å². The third-order valence-corrected chi connectivity index (χ3v) is 3.30. The molecule has 0 radical (unpaired) electrons. The molecule has 21 heavy (non-hydrogen) atoms. The minimum Gasteiger partial charge on any atom is -0.493 e. The first-order valence-electron chi connectivity index (χ1n) is 6.73. The Morgan fingerprint density at radius 3 is 2.10 bits per heavy atom. The molecule has 2 nitrogen and oxygen atoms in total. The third-order valence-electron chi connectivity index (χ3n) is 3.30. The van der Waals surface area contributed by atoms with Crippen LogP contribution in [0.4, 0.5) is 8.78 Å². The summed E-state index contributed by atoms with van der Waals surface area (Å²) in [5.41, 5.74) is 2.31. The van der Waals surface area contributed by atoms with Crippen LogP contribution in [-0.4, -0.2) is 7.11 Å². The Labute approximate surface area is 123 Å². The molecule has 0 saturated heterocycles. The summed E-state index contributed by atoms with van der Waals surface area (Å²) in [4.78, 5) is 0. The van der Waals surface area contributed by atoms with Gasteiger partial charge in [-0.25, -0.2) is 8.78 Å². The summed E-state index contributed by atoms with van der Waals surface area (Å²) >= 11 is 0. The van der Waals surface area contributed by atoms with Gasteiger partial charge in [-0.2, -0.15) is 0 Å². The van der Waals surface area contributed by atoms with Crippen molar-refractivity contribution in [2.45, 2.75) is 26.7 Å². The predicted molar refractivity (Wildman–Crippen MR) is 78.3 cm³/mol. The molecule has 0 amide bonds. The fraction of sp³-hybridized carbons (Fsp3) is 0.294. The number of hydrogen-bond acceptors (Lipinski definition) is 2. The van der Waals surface area contributed by atoms with Crippen molar-refractivity contribution in [2.24, 2.45) is 0 Å². The van der Waals surface area contributed by atoms with Gasteiger partial charge >= 0.3 is 0 Å². The molecule has 2 aromatic carbocycles. The fourth-order valence-electron chi connectivity index (χ4n) is 2.24. The van der Waals surface area contributed by atoms with Gasteiger partial charge in [-0.3, -0.25) is 0 Å². The summed E-state index contributed by atoms with van der Waals surface area (Å²) in [6.07, 6.45) is 0. The first-order chi connectivity index (χ1) is 9.92. The summed E-state index contributed by atoms with van der Waals surface area (Å²) in [5, 5.41) is 0. The zero-order chi connectivity index (χ0) is 15.6. The van der Waals surface area contributed by atoms with E-state index < -0.39 is 11.6 Å². The Kier molecular flexibility index (Phi) is 4.46. The van der Waals surface area contributed by atoms with Crippen molar-refractivity contribution >= 4 is 0 Å². The highest BCUT2D eigenvalue weighted by Gasteiger charge is 2.13. The first kappa shape index (κ1) is 15.3. The third kappa shape index (κ3) is 3.32. The SMILES string of the molecule is COc1cc(F)c(F)cc1Oc1ccc(C(C)C)c(C)c1. The van der Waals surface area contributed by atoms with Crippen LogP contribution < -0.4 is 9.47 Å². The predicted octanol–water partition coefficient (Wildman–Crippen LogP) is 5.20. The van der Waals surface area contributed by atoms with E-state index in [0.717, 1.165) is 17.7 Å². The zero-order valence-electron chi connectivity index (χ0n) is 12.5. The maximum Gasteiger partial charge on any atom is 0.172 e. The molecule has 0 spiro atoms. The Bertz CT molecular complexity index is 651. The maximum absolute atomic E-state index is 13.3. The molecule has 2 aromatic rings. The van der Waals surface area contributed by atoms with Crippen LogP contribution in [0.15, 0.2) is 30.3 Å². The van der Waals surface area contributed by atoms with Gasteiger partial charge < -0.3 is 9.47 Å². The zero-order valence-corrected chi connectivity index (χ0v) is 12.5. The summed E-state index contributed by atoms with van der Waals surface area (Å²) < 4.78 is 37.2. The Morgan fingerprint density at radius 2 is 1.57 bits per heavy atom. The van der Waals surface area contributed by atoms with Gasteiger partial charge in [0.1, 0.15) is 5.75 Å². The lowest BCUT2D eigenvalue weighted by Crippen LogP contribution is -1.96. The van der Waals surface area contributed by atoms with Crippen molar-refractivity contribution in [3.8, 4) is 17.2 Å². The minimum atomic E-state index is -0.971. The molecule has 0 aliphatic heterocycles. The van der Waals surface area contributed by atoms with Gasteiger partial charge in [0.05, 0.1) is 7.11 Å². The monoisotopic (exact) mass is 292 g/mol. The molecule has 0 aromatic heterocycles. The molecule has 0 bridgehead atoms. The molecular weight excluding hydrogens is 274 g/mol. The van der Waals surface area contributed by atoms with Gasteiger partial charge in [-0.1, -0.05) is 19.9 Å². The van der Waals surface area contributed by atoms with Gasteiger partial charge in [0.2, 0.25) is 0 Å². The normalized spacial score (nSPS) is 10.8. The number of benzene rings is 2. The average molecular weight is 292 g/mol. The summed E-state index contributed by atoms with van der Waals surface area (Å²) in [7, 11) is 1.38. The molecule has 4 heteroatoms. The second-order valence-corrected chi connectivity index (χ2v) is 5.19. The van der Waals surface area contributed by atoms with Crippen LogP contribution in [0.5, 0.6) is 17.2 Å². The van der Waals surface area contributed by atoms with Crippen LogP contribution in [0.3, 0.4) is 0 Å². The number of aryl methyl sites for hydroxylation is 1. The number of ether oxygens (including phenoxy) is 2.